The third-order valence-corrected chi connectivity index (χ3v) is 6.10. The molecule has 0 aliphatic rings. The van der Waals surface area contributed by atoms with Crippen molar-refractivity contribution in [1.82, 2.24) is 0 Å². The van der Waals surface area contributed by atoms with Gasteiger partial charge in [-0.2, -0.15) is 0 Å². The van der Waals surface area contributed by atoms with Crippen molar-refractivity contribution in [3.05, 3.63) is 58.6 Å². The van der Waals surface area contributed by atoms with E-state index in [1.807, 2.05) is 36.4 Å². The van der Waals surface area contributed by atoms with E-state index in [1.54, 1.807) is 6.07 Å². The molecule has 0 unspecified atom stereocenters. The molecular formula is C15H12N2O4S2. The van der Waals surface area contributed by atoms with Crippen LogP contribution in [0.15, 0.2) is 52.7 Å². The number of rotatable bonds is 4. The lowest BCUT2D eigenvalue weighted by Gasteiger charge is -2.05. The molecule has 3 aromatic rings. The van der Waals surface area contributed by atoms with Crippen molar-refractivity contribution in [3.8, 4) is 0 Å². The summed E-state index contributed by atoms with van der Waals surface area (Å²) in [7, 11) is -3.49. The normalized spacial score (nSPS) is 11.5. The first kappa shape index (κ1) is 15.4. The Bertz CT molecular complexity index is 1010. The summed E-state index contributed by atoms with van der Waals surface area (Å²) in [5.41, 5.74) is 0.414. The van der Waals surface area contributed by atoms with Crippen LogP contribution in [-0.4, -0.2) is 19.6 Å². The molecule has 23 heavy (non-hydrogen) atoms. The van der Waals surface area contributed by atoms with Gasteiger partial charge in [-0.25, -0.2) is 8.42 Å². The highest BCUT2D eigenvalue weighted by molar-refractivity contribution is 7.92. The number of anilines is 2. The number of thiophene rings is 1. The molecule has 0 bridgehead atoms. The molecule has 0 aliphatic heterocycles. The molecule has 0 aliphatic carbocycles. The van der Waals surface area contributed by atoms with E-state index in [0.717, 1.165) is 34.4 Å². The maximum atomic E-state index is 11.6. The van der Waals surface area contributed by atoms with Crippen molar-refractivity contribution in [1.29, 1.82) is 0 Å². The van der Waals surface area contributed by atoms with Crippen molar-refractivity contribution in [3.63, 3.8) is 0 Å². The monoisotopic (exact) mass is 348 g/mol. The molecule has 0 fully saturated rings. The van der Waals surface area contributed by atoms with Gasteiger partial charge < -0.3 is 5.32 Å². The zero-order valence-corrected chi connectivity index (χ0v) is 13.6. The number of fused-ring (bicyclic) bond motifs is 1. The molecule has 0 radical (unpaired) electrons. The van der Waals surface area contributed by atoms with Crippen molar-refractivity contribution in [2.45, 2.75) is 4.21 Å². The smallest absolute Gasteiger partial charge is 0.305 e. The van der Waals surface area contributed by atoms with Crippen LogP contribution < -0.4 is 5.32 Å². The fourth-order valence-electron chi connectivity index (χ4n) is 2.17. The third-order valence-electron chi connectivity index (χ3n) is 3.26. The minimum Gasteiger partial charge on any atom is -0.341 e. The highest BCUT2D eigenvalue weighted by atomic mass is 32.2. The van der Waals surface area contributed by atoms with Crippen LogP contribution in [0, 0.1) is 10.1 Å². The summed E-state index contributed by atoms with van der Waals surface area (Å²) in [6.45, 7) is 0. The molecule has 1 heterocycles. The molecule has 0 spiro atoms. The summed E-state index contributed by atoms with van der Waals surface area (Å²) < 4.78 is 23.2. The van der Waals surface area contributed by atoms with Crippen molar-refractivity contribution in [2.24, 2.45) is 0 Å². The molecule has 6 nitrogen and oxygen atoms in total. The Hall–Kier alpha value is -2.45. The SMILES string of the molecule is CS(=O)(=O)c1cc([N+](=O)[O-])c(Nc2ccc3ccccc3c2)s1. The second-order valence-electron chi connectivity index (χ2n) is 5.00. The molecule has 0 saturated carbocycles. The maximum Gasteiger partial charge on any atom is 0.305 e. The zero-order valence-electron chi connectivity index (χ0n) is 12.0. The van der Waals surface area contributed by atoms with Crippen LogP contribution in [0.25, 0.3) is 10.8 Å². The van der Waals surface area contributed by atoms with Gasteiger partial charge in [-0.1, -0.05) is 41.7 Å². The van der Waals surface area contributed by atoms with Gasteiger partial charge in [-0.05, 0) is 22.9 Å². The van der Waals surface area contributed by atoms with Gasteiger partial charge in [-0.3, -0.25) is 10.1 Å². The second kappa shape index (κ2) is 5.64. The summed E-state index contributed by atoms with van der Waals surface area (Å²) in [5.74, 6) is 0. The van der Waals surface area contributed by atoms with E-state index in [1.165, 1.54) is 0 Å². The summed E-state index contributed by atoms with van der Waals surface area (Å²) in [5, 5.41) is 16.3. The molecule has 2 aromatic carbocycles. The Morgan fingerprint density at radius 3 is 2.43 bits per heavy atom. The van der Waals surface area contributed by atoms with E-state index < -0.39 is 14.8 Å². The van der Waals surface area contributed by atoms with Gasteiger partial charge in [0.05, 0.1) is 4.92 Å². The van der Waals surface area contributed by atoms with Gasteiger partial charge in [0.25, 0.3) is 0 Å². The minimum atomic E-state index is -3.49. The highest BCUT2D eigenvalue weighted by Gasteiger charge is 2.23. The van der Waals surface area contributed by atoms with Crippen LogP contribution in [0.2, 0.25) is 0 Å². The number of hydrogen-bond donors (Lipinski definition) is 1. The largest absolute Gasteiger partial charge is 0.341 e. The molecule has 0 saturated heterocycles. The summed E-state index contributed by atoms with van der Waals surface area (Å²) in [4.78, 5) is 10.6. The fraction of sp³-hybridized carbons (Fsp3) is 0.0667. The maximum absolute atomic E-state index is 11.6. The van der Waals surface area contributed by atoms with Crippen molar-refractivity contribution < 1.29 is 13.3 Å². The predicted molar refractivity (Wildman–Crippen MR) is 91.3 cm³/mol. The molecule has 8 heteroatoms. The molecule has 0 amide bonds. The van der Waals surface area contributed by atoms with E-state index in [9.17, 15) is 18.5 Å². The lowest BCUT2D eigenvalue weighted by molar-refractivity contribution is -0.383. The van der Waals surface area contributed by atoms with E-state index >= 15 is 0 Å². The van der Waals surface area contributed by atoms with Gasteiger partial charge in [0.15, 0.2) is 14.8 Å². The van der Waals surface area contributed by atoms with E-state index in [0.29, 0.717) is 5.69 Å². The predicted octanol–water partition coefficient (Wildman–Crippen LogP) is 3.96. The van der Waals surface area contributed by atoms with E-state index in [2.05, 4.69) is 5.32 Å². The molecular weight excluding hydrogens is 336 g/mol. The van der Waals surface area contributed by atoms with Gasteiger partial charge >= 0.3 is 5.69 Å². The Morgan fingerprint density at radius 1 is 1.09 bits per heavy atom. The van der Waals surface area contributed by atoms with Crippen molar-refractivity contribution in [2.75, 3.05) is 11.6 Å². The first-order chi connectivity index (χ1) is 10.8. The average Bonchev–Trinajstić information content (AvgIpc) is 2.91. The average molecular weight is 348 g/mol. The highest BCUT2D eigenvalue weighted by Crippen LogP contribution is 2.39. The number of sulfone groups is 1. The van der Waals surface area contributed by atoms with Gasteiger partial charge in [0.2, 0.25) is 0 Å². The minimum absolute atomic E-state index is 0.0347. The number of nitrogens with one attached hydrogen (secondary N) is 1. The Kier molecular flexibility index (Phi) is 3.78. The van der Waals surface area contributed by atoms with Gasteiger partial charge in [0, 0.05) is 18.0 Å². The Balaban J connectivity index is 2.03. The van der Waals surface area contributed by atoms with Crippen LogP contribution >= 0.6 is 11.3 Å². The fourth-order valence-corrected chi connectivity index (χ4v) is 4.13. The zero-order chi connectivity index (χ0) is 16.6. The Labute approximate surface area is 136 Å². The number of nitro groups is 1. The lowest BCUT2D eigenvalue weighted by atomic mass is 10.1. The van der Waals surface area contributed by atoms with Gasteiger partial charge in [0.1, 0.15) is 4.21 Å². The van der Waals surface area contributed by atoms with Crippen LogP contribution in [-0.2, 0) is 9.84 Å². The standard InChI is InChI=1S/C15H12N2O4S2/c1-23(20,21)14-9-13(17(18)19)15(22-14)16-12-7-6-10-4-2-3-5-11(10)8-12/h2-9,16H,1H3. The molecule has 1 N–H and O–H groups in total. The van der Waals surface area contributed by atoms with E-state index in [4.69, 9.17) is 0 Å². The van der Waals surface area contributed by atoms with Crippen LogP contribution in [0.3, 0.4) is 0 Å². The molecule has 3 rings (SSSR count). The second-order valence-corrected chi connectivity index (χ2v) is 8.29. The quantitative estimate of drug-likeness (QED) is 0.569. The topological polar surface area (TPSA) is 89.3 Å². The number of nitrogens with zero attached hydrogens (tertiary/aromatic N) is 1. The molecule has 118 valence electrons. The van der Waals surface area contributed by atoms with Crippen molar-refractivity contribution >= 4 is 48.3 Å². The van der Waals surface area contributed by atoms with Crippen LogP contribution in [0.4, 0.5) is 16.4 Å². The first-order valence-electron chi connectivity index (χ1n) is 6.59. The summed E-state index contributed by atoms with van der Waals surface area (Å²) in [6, 6.07) is 14.4. The number of hydrogen-bond acceptors (Lipinski definition) is 6. The number of benzene rings is 2. The Morgan fingerprint density at radius 2 is 1.78 bits per heavy atom. The molecule has 1 aromatic heterocycles. The summed E-state index contributed by atoms with van der Waals surface area (Å²) >= 11 is 0.854. The first-order valence-corrected chi connectivity index (χ1v) is 9.29. The lowest BCUT2D eigenvalue weighted by Crippen LogP contribution is -1.93. The summed E-state index contributed by atoms with van der Waals surface area (Å²) in [6.07, 6.45) is 1.03. The van der Waals surface area contributed by atoms with Crippen LogP contribution in [0.1, 0.15) is 0 Å². The van der Waals surface area contributed by atoms with E-state index in [-0.39, 0.29) is 14.9 Å². The van der Waals surface area contributed by atoms with Gasteiger partial charge in [-0.15, -0.1) is 0 Å². The third kappa shape index (κ3) is 3.17. The van der Waals surface area contributed by atoms with Crippen LogP contribution in [0.5, 0.6) is 0 Å². The molecule has 0 atom stereocenters.